The van der Waals surface area contributed by atoms with Gasteiger partial charge in [0.25, 0.3) is 0 Å². The monoisotopic (exact) mass is 334 g/mol. The molecular formula is C20H18N2O3. The van der Waals surface area contributed by atoms with Gasteiger partial charge in [-0.1, -0.05) is 30.3 Å². The van der Waals surface area contributed by atoms with Crippen LogP contribution >= 0.6 is 0 Å². The quantitative estimate of drug-likeness (QED) is 0.682. The van der Waals surface area contributed by atoms with Crippen LogP contribution in [0.5, 0.6) is 0 Å². The number of rotatable bonds is 4. The molecule has 3 aromatic carbocycles. The van der Waals surface area contributed by atoms with E-state index in [0.29, 0.717) is 23.5 Å². The molecule has 5 nitrogen and oxygen atoms in total. The topological polar surface area (TPSA) is 67.4 Å². The van der Waals surface area contributed by atoms with E-state index in [9.17, 15) is 9.59 Å². The number of nitrogens with one attached hydrogen (secondary N) is 2. The van der Waals surface area contributed by atoms with Crippen molar-refractivity contribution in [2.75, 3.05) is 17.2 Å². The van der Waals surface area contributed by atoms with Gasteiger partial charge in [0.2, 0.25) is 0 Å². The number of hydrogen-bond donors (Lipinski definition) is 2. The van der Waals surface area contributed by atoms with Gasteiger partial charge in [-0.2, -0.15) is 0 Å². The lowest BCUT2D eigenvalue weighted by atomic mass is 10.1. The molecule has 3 aromatic rings. The fourth-order valence-corrected chi connectivity index (χ4v) is 2.46. The summed E-state index contributed by atoms with van der Waals surface area (Å²) < 4.78 is 4.92. The molecule has 0 aliphatic rings. The SMILES string of the molecule is CCOC(=O)c1ccc(NC(=O)Nc2ccc3ccccc3c2)cc1. The summed E-state index contributed by atoms with van der Waals surface area (Å²) in [6.45, 7) is 2.08. The van der Waals surface area contributed by atoms with Crippen LogP contribution in [0.1, 0.15) is 17.3 Å². The molecule has 2 N–H and O–H groups in total. The molecule has 0 saturated carbocycles. The first kappa shape index (κ1) is 16.5. The van der Waals surface area contributed by atoms with Crippen LogP contribution in [0.2, 0.25) is 0 Å². The molecule has 3 rings (SSSR count). The van der Waals surface area contributed by atoms with E-state index in [-0.39, 0.29) is 12.0 Å². The Bertz CT molecular complexity index is 904. The Morgan fingerprint density at radius 1 is 0.840 bits per heavy atom. The molecule has 0 radical (unpaired) electrons. The molecule has 0 saturated heterocycles. The molecule has 0 bridgehead atoms. The Labute approximate surface area is 145 Å². The minimum Gasteiger partial charge on any atom is -0.462 e. The highest BCUT2D eigenvalue weighted by Crippen LogP contribution is 2.19. The molecule has 0 heterocycles. The van der Waals surface area contributed by atoms with Gasteiger partial charge in [0.1, 0.15) is 0 Å². The van der Waals surface area contributed by atoms with Crippen LogP contribution in [-0.4, -0.2) is 18.6 Å². The summed E-state index contributed by atoms with van der Waals surface area (Å²) in [5, 5.41) is 7.70. The smallest absolute Gasteiger partial charge is 0.338 e. The van der Waals surface area contributed by atoms with E-state index in [0.717, 1.165) is 10.8 Å². The van der Waals surface area contributed by atoms with Crippen LogP contribution in [0.4, 0.5) is 16.2 Å². The summed E-state index contributed by atoms with van der Waals surface area (Å²) in [4.78, 5) is 23.7. The normalized spacial score (nSPS) is 10.3. The molecule has 0 aliphatic heterocycles. The van der Waals surface area contributed by atoms with Crippen LogP contribution in [0, 0.1) is 0 Å². The predicted molar refractivity (Wildman–Crippen MR) is 99.0 cm³/mol. The third-order valence-corrected chi connectivity index (χ3v) is 3.66. The van der Waals surface area contributed by atoms with Crippen molar-refractivity contribution in [3.05, 3.63) is 72.3 Å². The first-order chi connectivity index (χ1) is 12.2. The number of hydrogen-bond acceptors (Lipinski definition) is 3. The molecular weight excluding hydrogens is 316 g/mol. The molecule has 126 valence electrons. The Hall–Kier alpha value is -3.34. The van der Waals surface area contributed by atoms with Crippen molar-refractivity contribution in [3.8, 4) is 0 Å². The minimum atomic E-state index is -0.380. The van der Waals surface area contributed by atoms with Gasteiger partial charge in [0.05, 0.1) is 12.2 Å². The van der Waals surface area contributed by atoms with Crippen LogP contribution in [0.15, 0.2) is 66.7 Å². The fraction of sp³-hybridized carbons (Fsp3) is 0.100. The third-order valence-electron chi connectivity index (χ3n) is 3.66. The van der Waals surface area contributed by atoms with Crippen LogP contribution in [0.25, 0.3) is 10.8 Å². The number of amides is 2. The first-order valence-corrected chi connectivity index (χ1v) is 7.99. The van der Waals surface area contributed by atoms with E-state index in [1.807, 2.05) is 42.5 Å². The maximum Gasteiger partial charge on any atom is 0.338 e. The van der Waals surface area contributed by atoms with Crippen molar-refractivity contribution >= 4 is 34.1 Å². The average molecular weight is 334 g/mol. The summed E-state index contributed by atoms with van der Waals surface area (Å²) in [6.07, 6.45) is 0. The van der Waals surface area contributed by atoms with E-state index in [1.165, 1.54) is 0 Å². The molecule has 0 fully saturated rings. The zero-order chi connectivity index (χ0) is 17.6. The van der Waals surface area contributed by atoms with Crippen molar-refractivity contribution in [2.24, 2.45) is 0 Å². The second-order valence-electron chi connectivity index (χ2n) is 5.44. The average Bonchev–Trinajstić information content (AvgIpc) is 2.62. The molecule has 0 atom stereocenters. The first-order valence-electron chi connectivity index (χ1n) is 7.99. The molecule has 0 aromatic heterocycles. The van der Waals surface area contributed by atoms with E-state index >= 15 is 0 Å². The van der Waals surface area contributed by atoms with E-state index in [2.05, 4.69) is 10.6 Å². The molecule has 2 amide bonds. The Morgan fingerprint density at radius 3 is 2.20 bits per heavy atom. The highest BCUT2D eigenvalue weighted by molar-refractivity contribution is 6.01. The number of anilines is 2. The number of fused-ring (bicyclic) bond motifs is 1. The number of carbonyl (C=O) groups is 2. The summed E-state index contributed by atoms with van der Waals surface area (Å²) in [5.74, 6) is -0.380. The largest absolute Gasteiger partial charge is 0.462 e. The molecule has 25 heavy (non-hydrogen) atoms. The van der Waals surface area contributed by atoms with Crippen molar-refractivity contribution in [3.63, 3.8) is 0 Å². The van der Waals surface area contributed by atoms with E-state index < -0.39 is 0 Å². The van der Waals surface area contributed by atoms with Crippen molar-refractivity contribution in [2.45, 2.75) is 6.92 Å². The van der Waals surface area contributed by atoms with E-state index in [1.54, 1.807) is 31.2 Å². The summed E-state index contributed by atoms with van der Waals surface area (Å²) in [5.41, 5.74) is 1.74. The van der Waals surface area contributed by atoms with Gasteiger partial charge in [-0.25, -0.2) is 9.59 Å². The van der Waals surface area contributed by atoms with Crippen LogP contribution < -0.4 is 10.6 Å². The second kappa shape index (κ2) is 7.49. The predicted octanol–water partition coefficient (Wildman–Crippen LogP) is 4.66. The highest BCUT2D eigenvalue weighted by atomic mass is 16.5. The third kappa shape index (κ3) is 4.14. The van der Waals surface area contributed by atoms with Crippen LogP contribution in [0.3, 0.4) is 0 Å². The van der Waals surface area contributed by atoms with Gasteiger partial charge in [0, 0.05) is 11.4 Å². The molecule has 0 spiro atoms. The van der Waals surface area contributed by atoms with E-state index in [4.69, 9.17) is 4.74 Å². The van der Waals surface area contributed by atoms with Crippen molar-refractivity contribution < 1.29 is 14.3 Å². The second-order valence-corrected chi connectivity index (χ2v) is 5.44. The van der Waals surface area contributed by atoms with Gasteiger partial charge >= 0.3 is 12.0 Å². The van der Waals surface area contributed by atoms with Crippen molar-refractivity contribution in [1.82, 2.24) is 0 Å². The number of esters is 1. The van der Waals surface area contributed by atoms with Crippen molar-refractivity contribution in [1.29, 1.82) is 0 Å². The molecule has 0 aliphatic carbocycles. The van der Waals surface area contributed by atoms with Gasteiger partial charge in [-0.15, -0.1) is 0 Å². The summed E-state index contributed by atoms with van der Waals surface area (Å²) >= 11 is 0. The maximum atomic E-state index is 12.1. The molecule has 5 heteroatoms. The summed E-state index contributed by atoms with van der Waals surface area (Å²) in [7, 11) is 0. The van der Waals surface area contributed by atoms with Crippen LogP contribution in [-0.2, 0) is 4.74 Å². The maximum absolute atomic E-state index is 12.1. The fourth-order valence-electron chi connectivity index (χ4n) is 2.46. The zero-order valence-electron chi connectivity index (χ0n) is 13.8. The highest BCUT2D eigenvalue weighted by Gasteiger charge is 2.07. The lowest BCUT2D eigenvalue weighted by Gasteiger charge is -2.09. The Kier molecular flexibility index (Phi) is 4.95. The number of urea groups is 1. The molecule has 0 unspecified atom stereocenters. The lowest BCUT2D eigenvalue weighted by Crippen LogP contribution is -2.19. The number of benzene rings is 3. The van der Waals surface area contributed by atoms with Gasteiger partial charge in [0.15, 0.2) is 0 Å². The van der Waals surface area contributed by atoms with Gasteiger partial charge in [-0.3, -0.25) is 0 Å². The van der Waals surface area contributed by atoms with Gasteiger partial charge < -0.3 is 15.4 Å². The Balaban J connectivity index is 1.64. The zero-order valence-corrected chi connectivity index (χ0v) is 13.8. The van der Waals surface area contributed by atoms with Gasteiger partial charge in [-0.05, 0) is 54.1 Å². The minimum absolute atomic E-state index is 0.326. The number of ether oxygens (including phenoxy) is 1. The summed E-state index contributed by atoms with van der Waals surface area (Å²) in [6, 6.07) is 19.9. The standard InChI is InChI=1S/C20H18N2O3/c1-2-25-19(23)15-8-10-17(11-9-15)21-20(24)22-18-12-7-14-5-3-4-6-16(14)13-18/h3-13H,2H2,1H3,(H2,21,22,24). The number of carbonyl (C=O) groups excluding carboxylic acids is 2. The Morgan fingerprint density at radius 2 is 1.48 bits per heavy atom. The lowest BCUT2D eigenvalue weighted by molar-refractivity contribution is 0.0526.